The third-order valence-electron chi connectivity index (χ3n) is 1.48. The highest BCUT2D eigenvalue weighted by molar-refractivity contribution is 9.11. The van der Waals surface area contributed by atoms with Crippen molar-refractivity contribution in [3.8, 4) is 0 Å². The lowest BCUT2D eigenvalue weighted by molar-refractivity contribution is 0.106. The van der Waals surface area contributed by atoms with E-state index >= 15 is 0 Å². The van der Waals surface area contributed by atoms with Gasteiger partial charge in [-0.2, -0.15) is 0 Å². The number of carbonyl (C=O) groups excluding carboxylic acids is 2. The normalized spacial score (nSPS) is 10.0. The van der Waals surface area contributed by atoms with E-state index in [1.807, 2.05) is 0 Å². The first kappa shape index (κ1) is 12.2. The Labute approximate surface area is 107 Å². The Morgan fingerprint density at radius 2 is 1.21 bits per heavy atom. The lowest BCUT2D eigenvalue weighted by atomic mass is 10.2. The van der Waals surface area contributed by atoms with Gasteiger partial charge in [-0.25, -0.2) is 0 Å². The topological polar surface area (TPSA) is 34.1 Å². The molecule has 1 aromatic rings. The zero-order chi connectivity index (χ0) is 10.9. The molecule has 0 amide bonds. The zero-order valence-electron chi connectivity index (χ0n) is 6.48. The second-order valence-corrected chi connectivity index (χ2v) is 4.75. The van der Waals surface area contributed by atoms with Gasteiger partial charge in [0.05, 0.1) is 0 Å². The lowest BCUT2D eigenvalue weighted by Gasteiger charge is -2.03. The largest absolute Gasteiger partial charge is 0.276 e. The third kappa shape index (κ3) is 2.57. The SMILES string of the molecule is O=C(Cl)c1cc(Br)c(C(=O)Cl)cc1Br. The molecule has 14 heavy (non-hydrogen) atoms. The molecule has 0 saturated carbocycles. The van der Waals surface area contributed by atoms with Gasteiger partial charge in [0.1, 0.15) is 0 Å². The van der Waals surface area contributed by atoms with Crippen LogP contribution >= 0.6 is 55.1 Å². The summed E-state index contributed by atoms with van der Waals surface area (Å²) in [6, 6.07) is 2.88. The molecule has 0 aliphatic rings. The fourth-order valence-electron chi connectivity index (χ4n) is 0.848. The summed E-state index contributed by atoms with van der Waals surface area (Å²) in [5, 5.41) is -1.21. The maximum Gasteiger partial charge on any atom is 0.253 e. The quantitative estimate of drug-likeness (QED) is 0.748. The van der Waals surface area contributed by atoms with Gasteiger partial charge in [-0.3, -0.25) is 9.59 Å². The van der Waals surface area contributed by atoms with Crippen LogP contribution in [0.5, 0.6) is 0 Å². The van der Waals surface area contributed by atoms with Gasteiger partial charge in [-0.05, 0) is 67.2 Å². The van der Waals surface area contributed by atoms with Crippen LogP contribution in [-0.4, -0.2) is 10.5 Å². The van der Waals surface area contributed by atoms with Crippen molar-refractivity contribution in [1.82, 2.24) is 0 Å². The van der Waals surface area contributed by atoms with Crippen LogP contribution in [0.1, 0.15) is 20.7 Å². The molecule has 0 aliphatic heterocycles. The molecule has 0 atom stereocenters. The third-order valence-corrected chi connectivity index (χ3v) is 3.20. The van der Waals surface area contributed by atoms with Gasteiger partial charge in [-0.15, -0.1) is 0 Å². The van der Waals surface area contributed by atoms with E-state index in [1.54, 1.807) is 0 Å². The summed E-state index contributed by atoms with van der Waals surface area (Å²) in [5.74, 6) is 0. The van der Waals surface area contributed by atoms with Gasteiger partial charge < -0.3 is 0 Å². The van der Waals surface area contributed by atoms with Crippen LogP contribution in [0.2, 0.25) is 0 Å². The van der Waals surface area contributed by atoms with Crippen molar-refractivity contribution in [2.45, 2.75) is 0 Å². The number of carbonyl (C=O) groups is 2. The average molecular weight is 361 g/mol. The molecule has 0 aliphatic carbocycles. The minimum Gasteiger partial charge on any atom is -0.276 e. The van der Waals surface area contributed by atoms with Crippen LogP contribution in [-0.2, 0) is 0 Å². The van der Waals surface area contributed by atoms with Crippen LogP contribution in [0.25, 0.3) is 0 Å². The molecular weight excluding hydrogens is 359 g/mol. The Morgan fingerprint density at radius 3 is 1.43 bits per heavy atom. The van der Waals surface area contributed by atoms with Crippen molar-refractivity contribution in [3.05, 3.63) is 32.2 Å². The first-order valence-electron chi connectivity index (χ1n) is 3.32. The summed E-state index contributed by atoms with van der Waals surface area (Å²) in [7, 11) is 0. The van der Waals surface area contributed by atoms with E-state index in [9.17, 15) is 9.59 Å². The first-order valence-corrected chi connectivity index (χ1v) is 5.66. The predicted octanol–water partition coefficient (Wildman–Crippen LogP) is 3.97. The Balaban J connectivity index is 3.38. The minimum absolute atomic E-state index is 0.278. The molecule has 0 unspecified atom stereocenters. The van der Waals surface area contributed by atoms with Crippen LogP contribution in [0.15, 0.2) is 21.1 Å². The van der Waals surface area contributed by atoms with Gasteiger partial charge in [0.2, 0.25) is 0 Å². The monoisotopic (exact) mass is 358 g/mol. The Bertz CT molecular complexity index is 378. The van der Waals surface area contributed by atoms with Crippen LogP contribution in [0.3, 0.4) is 0 Å². The maximum absolute atomic E-state index is 10.9. The molecule has 2 nitrogen and oxygen atoms in total. The Hall–Kier alpha value is 0.1000. The van der Waals surface area contributed by atoms with Crippen LogP contribution in [0, 0.1) is 0 Å². The highest BCUT2D eigenvalue weighted by Crippen LogP contribution is 2.28. The summed E-state index contributed by atoms with van der Waals surface area (Å²) in [6.45, 7) is 0. The molecule has 0 N–H and O–H groups in total. The second-order valence-electron chi connectivity index (χ2n) is 2.36. The predicted molar refractivity (Wildman–Crippen MR) is 62.2 cm³/mol. The van der Waals surface area contributed by atoms with Gasteiger partial charge in [-0.1, -0.05) is 0 Å². The van der Waals surface area contributed by atoms with Crippen molar-refractivity contribution in [3.63, 3.8) is 0 Å². The highest BCUT2D eigenvalue weighted by Gasteiger charge is 2.14. The number of hydrogen-bond donors (Lipinski definition) is 0. The standard InChI is InChI=1S/C8H2Br2Cl2O2/c9-5-1-3(7(11)13)6(10)2-4(5)8(12)14/h1-2H. The number of hydrogen-bond acceptors (Lipinski definition) is 2. The molecular formula is C8H2Br2Cl2O2. The summed E-state index contributed by atoms with van der Waals surface area (Å²) in [4.78, 5) is 21.8. The number of rotatable bonds is 2. The van der Waals surface area contributed by atoms with E-state index < -0.39 is 10.5 Å². The first-order chi connectivity index (χ1) is 6.43. The Morgan fingerprint density at radius 1 is 0.929 bits per heavy atom. The lowest BCUT2D eigenvalue weighted by Crippen LogP contribution is -1.96. The molecule has 1 rings (SSSR count). The van der Waals surface area contributed by atoms with E-state index in [4.69, 9.17) is 23.2 Å². The minimum atomic E-state index is -0.605. The number of benzene rings is 1. The van der Waals surface area contributed by atoms with Gasteiger partial charge in [0.25, 0.3) is 10.5 Å². The summed E-state index contributed by atoms with van der Waals surface area (Å²) in [6.07, 6.45) is 0. The van der Waals surface area contributed by atoms with E-state index in [0.29, 0.717) is 8.95 Å². The molecule has 1 aromatic carbocycles. The van der Waals surface area contributed by atoms with Crippen LogP contribution < -0.4 is 0 Å². The zero-order valence-corrected chi connectivity index (χ0v) is 11.2. The molecule has 74 valence electrons. The fourth-order valence-corrected chi connectivity index (χ4v) is 2.44. The van der Waals surface area contributed by atoms with Crippen molar-refractivity contribution in [1.29, 1.82) is 0 Å². The highest BCUT2D eigenvalue weighted by atomic mass is 79.9. The molecule has 6 heteroatoms. The smallest absolute Gasteiger partial charge is 0.253 e. The molecule has 0 radical (unpaired) electrons. The maximum atomic E-state index is 10.9. The van der Waals surface area contributed by atoms with Gasteiger partial charge in [0, 0.05) is 20.1 Å². The van der Waals surface area contributed by atoms with Gasteiger partial charge >= 0.3 is 0 Å². The molecule has 0 saturated heterocycles. The van der Waals surface area contributed by atoms with Crippen LogP contribution in [0.4, 0.5) is 0 Å². The van der Waals surface area contributed by atoms with E-state index in [2.05, 4.69) is 31.9 Å². The molecule has 0 heterocycles. The molecule has 0 bridgehead atoms. The van der Waals surface area contributed by atoms with Crippen molar-refractivity contribution in [2.75, 3.05) is 0 Å². The number of halogens is 4. The summed E-state index contributed by atoms with van der Waals surface area (Å²) >= 11 is 16.8. The van der Waals surface area contributed by atoms with E-state index in [0.717, 1.165) is 0 Å². The summed E-state index contributed by atoms with van der Waals surface area (Å²) < 4.78 is 0.870. The molecule has 0 fully saturated rings. The van der Waals surface area contributed by atoms with E-state index in [1.165, 1.54) is 12.1 Å². The average Bonchev–Trinajstić information content (AvgIpc) is 2.07. The fraction of sp³-hybridized carbons (Fsp3) is 0. The Kier molecular flexibility index (Phi) is 4.13. The van der Waals surface area contributed by atoms with Crippen molar-refractivity contribution in [2.24, 2.45) is 0 Å². The molecule has 0 spiro atoms. The van der Waals surface area contributed by atoms with Crippen molar-refractivity contribution >= 4 is 65.5 Å². The van der Waals surface area contributed by atoms with Gasteiger partial charge in [0.15, 0.2) is 0 Å². The molecule has 0 aromatic heterocycles. The second kappa shape index (κ2) is 4.75. The summed E-state index contributed by atoms with van der Waals surface area (Å²) in [5.41, 5.74) is 0.556. The van der Waals surface area contributed by atoms with E-state index in [-0.39, 0.29) is 11.1 Å². The van der Waals surface area contributed by atoms with Crippen molar-refractivity contribution < 1.29 is 9.59 Å².